The lowest BCUT2D eigenvalue weighted by Crippen LogP contribution is -2.77. The molecule has 3 rings (SSSR count). The molecule has 1 heterocycles. The third-order valence-electron chi connectivity index (χ3n) is 5.04. The lowest BCUT2D eigenvalue weighted by atomic mass is 10.2. The van der Waals surface area contributed by atoms with E-state index in [1.165, 1.54) is 11.1 Å². The first-order valence-electron chi connectivity index (χ1n) is 7.48. The molecule has 104 valence electrons. The summed E-state index contributed by atoms with van der Waals surface area (Å²) >= 11 is 0. The molecule has 0 amide bonds. The quantitative estimate of drug-likeness (QED) is 0.654. The lowest BCUT2D eigenvalue weighted by molar-refractivity contribution is 1.47. The van der Waals surface area contributed by atoms with Gasteiger partial charge >= 0.3 is 0 Å². The van der Waals surface area contributed by atoms with Crippen LogP contribution in [0.25, 0.3) is 0 Å². The predicted molar refractivity (Wildman–Crippen MR) is 95.9 cm³/mol. The molecule has 1 aliphatic heterocycles. The number of benzene rings is 2. The molecule has 2 heteroatoms. The van der Waals surface area contributed by atoms with Crippen molar-refractivity contribution < 1.29 is 0 Å². The van der Waals surface area contributed by atoms with E-state index in [2.05, 4.69) is 76.4 Å². The van der Waals surface area contributed by atoms with Crippen LogP contribution >= 0.6 is 0 Å². The minimum absolute atomic E-state index is 1.41. The van der Waals surface area contributed by atoms with Crippen LogP contribution < -0.4 is 20.7 Å². The highest BCUT2D eigenvalue weighted by molar-refractivity contribution is 7.16. The van der Waals surface area contributed by atoms with Gasteiger partial charge in [-0.1, -0.05) is 94.5 Å². The van der Waals surface area contributed by atoms with Gasteiger partial charge in [0.1, 0.15) is 16.1 Å². The van der Waals surface area contributed by atoms with Crippen LogP contribution in [0.3, 0.4) is 0 Å². The monoisotopic (exact) mass is 296 g/mol. The number of hydrogen-bond donors (Lipinski definition) is 0. The summed E-state index contributed by atoms with van der Waals surface area (Å²) in [6.45, 7) is 14.5. The van der Waals surface area contributed by atoms with Gasteiger partial charge in [-0.05, 0) is 13.8 Å². The molecule has 0 aliphatic carbocycles. The molecule has 1 aliphatic rings. The van der Waals surface area contributed by atoms with Crippen molar-refractivity contribution in [1.29, 1.82) is 0 Å². The van der Waals surface area contributed by atoms with E-state index < -0.39 is 16.1 Å². The molecule has 0 fully saturated rings. The fraction of sp³-hybridized carbons (Fsp3) is 0.333. The Bertz CT molecular complexity index is 635. The van der Waals surface area contributed by atoms with Gasteiger partial charge in [0.05, 0.1) is 0 Å². The van der Waals surface area contributed by atoms with Gasteiger partial charge in [0.2, 0.25) is 0 Å². The average molecular weight is 297 g/mol. The van der Waals surface area contributed by atoms with Crippen molar-refractivity contribution in [3.8, 4) is 0 Å². The third kappa shape index (κ3) is 1.78. The van der Waals surface area contributed by atoms with Gasteiger partial charge < -0.3 is 0 Å². The van der Waals surface area contributed by atoms with Crippen LogP contribution in [0.1, 0.15) is 11.1 Å². The van der Waals surface area contributed by atoms with Crippen molar-refractivity contribution in [3.63, 3.8) is 0 Å². The maximum absolute atomic E-state index is 2.52. The summed E-state index contributed by atoms with van der Waals surface area (Å²) < 4.78 is 0. The van der Waals surface area contributed by atoms with Crippen LogP contribution in [-0.4, -0.2) is 16.1 Å². The second-order valence-electron chi connectivity index (χ2n) is 7.35. The Morgan fingerprint density at radius 2 is 0.900 bits per heavy atom. The van der Waals surface area contributed by atoms with Gasteiger partial charge in [-0.15, -0.1) is 0 Å². The van der Waals surface area contributed by atoms with E-state index in [0.29, 0.717) is 0 Å². The third-order valence-corrected chi connectivity index (χ3v) is 12.6. The van der Waals surface area contributed by atoms with Gasteiger partial charge in [0.25, 0.3) is 0 Å². The molecular formula is C18H24Si2. The van der Waals surface area contributed by atoms with Crippen molar-refractivity contribution in [2.24, 2.45) is 0 Å². The average Bonchev–Trinajstić information content (AvgIpc) is 2.36. The van der Waals surface area contributed by atoms with Crippen LogP contribution in [0.4, 0.5) is 0 Å². The first-order chi connectivity index (χ1) is 9.24. The van der Waals surface area contributed by atoms with Crippen molar-refractivity contribution in [1.82, 2.24) is 0 Å². The fourth-order valence-electron chi connectivity index (χ4n) is 3.73. The van der Waals surface area contributed by atoms with Gasteiger partial charge in [-0.2, -0.15) is 0 Å². The number of hydrogen-bond acceptors (Lipinski definition) is 0. The Morgan fingerprint density at radius 3 is 1.25 bits per heavy atom. The zero-order valence-corrected chi connectivity index (χ0v) is 15.5. The molecule has 0 atom stereocenters. The van der Waals surface area contributed by atoms with Crippen LogP contribution in [0.5, 0.6) is 0 Å². The van der Waals surface area contributed by atoms with Gasteiger partial charge in [0, 0.05) is 0 Å². The summed E-state index contributed by atoms with van der Waals surface area (Å²) in [4.78, 5) is 0. The highest BCUT2D eigenvalue weighted by Gasteiger charge is 2.43. The second-order valence-corrected chi connectivity index (χ2v) is 16.0. The molecule has 0 aromatic heterocycles. The molecule has 0 saturated carbocycles. The van der Waals surface area contributed by atoms with E-state index >= 15 is 0 Å². The summed E-state index contributed by atoms with van der Waals surface area (Å²) in [5, 5.41) is 6.73. The Morgan fingerprint density at radius 1 is 0.550 bits per heavy atom. The van der Waals surface area contributed by atoms with Crippen molar-refractivity contribution in [2.45, 2.75) is 40.0 Å². The zero-order chi connectivity index (χ0) is 14.7. The Kier molecular flexibility index (Phi) is 2.90. The zero-order valence-electron chi connectivity index (χ0n) is 13.5. The van der Waals surface area contributed by atoms with Crippen molar-refractivity contribution in [3.05, 3.63) is 47.5 Å². The smallest absolute Gasteiger partial charge is 0.0624 e. The maximum Gasteiger partial charge on any atom is 0.111 e. The number of aryl methyl sites for hydroxylation is 2. The Labute approximate surface area is 124 Å². The lowest BCUT2D eigenvalue weighted by Gasteiger charge is -2.42. The molecule has 0 radical (unpaired) electrons. The minimum atomic E-state index is -1.54. The molecule has 0 N–H and O–H groups in total. The predicted octanol–water partition coefficient (Wildman–Crippen LogP) is 2.26. The van der Waals surface area contributed by atoms with E-state index in [4.69, 9.17) is 0 Å². The van der Waals surface area contributed by atoms with Gasteiger partial charge in [-0.25, -0.2) is 0 Å². The van der Waals surface area contributed by atoms with Crippen molar-refractivity contribution in [2.75, 3.05) is 0 Å². The molecule has 0 spiro atoms. The Balaban J connectivity index is 2.40. The first kappa shape index (κ1) is 13.8. The summed E-state index contributed by atoms with van der Waals surface area (Å²) in [6, 6.07) is 14.4. The van der Waals surface area contributed by atoms with Crippen LogP contribution in [0, 0.1) is 13.8 Å². The van der Waals surface area contributed by atoms with E-state index in [9.17, 15) is 0 Å². The number of rotatable bonds is 0. The molecule has 0 saturated heterocycles. The second kappa shape index (κ2) is 4.18. The largest absolute Gasteiger partial charge is 0.111 e. The topological polar surface area (TPSA) is 0 Å². The molecule has 0 unspecified atom stereocenters. The van der Waals surface area contributed by atoms with Crippen molar-refractivity contribution >= 4 is 36.9 Å². The molecule has 0 bridgehead atoms. The normalized spacial score (nSPS) is 18.3. The molecule has 0 nitrogen and oxygen atoms in total. The van der Waals surface area contributed by atoms with Gasteiger partial charge in [0.15, 0.2) is 0 Å². The summed E-state index contributed by atoms with van der Waals surface area (Å²) in [5.41, 5.74) is 2.81. The molecule has 20 heavy (non-hydrogen) atoms. The fourth-order valence-corrected chi connectivity index (χ4v) is 13.2. The van der Waals surface area contributed by atoms with Crippen LogP contribution in [-0.2, 0) is 0 Å². The summed E-state index contributed by atoms with van der Waals surface area (Å²) in [7, 11) is -3.08. The van der Waals surface area contributed by atoms with Gasteiger partial charge in [-0.3, -0.25) is 0 Å². The Hall–Kier alpha value is -1.13. The summed E-state index contributed by atoms with van der Waals surface area (Å²) in [5.74, 6) is 0. The first-order valence-corrected chi connectivity index (χ1v) is 13.5. The van der Waals surface area contributed by atoms with E-state index in [0.717, 1.165) is 0 Å². The maximum atomic E-state index is 2.52. The molecule has 2 aromatic carbocycles. The summed E-state index contributed by atoms with van der Waals surface area (Å²) in [6.07, 6.45) is 0. The van der Waals surface area contributed by atoms with E-state index in [-0.39, 0.29) is 0 Å². The molecule has 2 aromatic rings. The van der Waals surface area contributed by atoms with Crippen LogP contribution in [0.2, 0.25) is 26.2 Å². The van der Waals surface area contributed by atoms with E-state index in [1.54, 1.807) is 20.7 Å². The highest BCUT2D eigenvalue weighted by Crippen LogP contribution is 2.16. The minimum Gasteiger partial charge on any atom is -0.0624 e. The molecular weight excluding hydrogens is 272 g/mol. The standard InChI is InChI=1S/C18H24Si2/c1-13-7-9-15-17(11-13)19(3,4)16-10-8-14(2)12-18(16)20(15,5)6/h7-12H,1-6H3. The highest BCUT2D eigenvalue weighted by atomic mass is 28.3. The number of fused-ring (bicyclic) bond motifs is 2. The van der Waals surface area contributed by atoms with E-state index in [1.807, 2.05) is 0 Å². The van der Waals surface area contributed by atoms with Crippen LogP contribution in [0.15, 0.2) is 36.4 Å². The SMILES string of the molecule is Cc1ccc2c(c1)[Si](C)(C)c1ccc(C)cc1[Si]2(C)C.